The summed E-state index contributed by atoms with van der Waals surface area (Å²) >= 11 is 0. The Kier molecular flexibility index (Phi) is 6.84. The molecular weight excluding hydrogens is 400 g/mol. The van der Waals surface area contributed by atoms with Crippen molar-refractivity contribution in [2.24, 2.45) is 5.92 Å². The minimum absolute atomic E-state index is 0.0613. The van der Waals surface area contributed by atoms with Crippen LogP contribution in [0.4, 0.5) is 11.6 Å². The Balaban J connectivity index is 1.65. The molecule has 1 aliphatic heterocycles. The number of methoxy groups -OCH3 is 2. The van der Waals surface area contributed by atoms with Gasteiger partial charge >= 0.3 is 0 Å². The molecule has 31 heavy (non-hydrogen) atoms. The molecule has 0 spiro atoms. The van der Waals surface area contributed by atoms with Crippen LogP contribution in [0.1, 0.15) is 19.4 Å². The predicted octanol–water partition coefficient (Wildman–Crippen LogP) is 1.79. The van der Waals surface area contributed by atoms with Gasteiger partial charge in [0.1, 0.15) is 12.4 Å². The fourth-order valence-corrected chi connectivity index (χ4v) is 3.34. The van der Waals surface area contributed by atoms with Crippen LogP contribution in [-0.2, 0) is 16.0 Å². The van der Waals surface area contributed by atoms with Crippen molar-refractivity contribution in [3.8, 4) is 17.2 Å². The number of rotatable bonds is 8. The van der Waals surface area contributed by atoms with Crippen LogP contribution in [0.3, 0.4) is 0 Å². The van der Waals surface area contributed by atoms with Gasteiger partial charge in [-0.1, -0.05) is 19.9 Å². The Morgan fingerprint density at radius 2 is 1.97 bits per heavy atom. The van der Waals surface area contributed by atoms with Gasteiger partial charge in [-0.15, -0.1) is 0 Å². The fraction of sp³-hybridized carbons (Fsp3) is 0.409. The molecule has 0 bridgehead atoms. The number of pyridine rings is 1. The van der Waals surface area contributed by atoms with Gasteiger partial charge in [0.2, 0.25) is 5.91 Å². The van der Waals surface area contributed by atoms with E-state index in [-0.39, 0.29) is 35.9 Å². The van der Waals surface area contributed by atoms with E-state index < -0.39 is 6.10 Å². The molecule has 2 heterocycles. The summed E-state index contributed by atoms with van der Waals surface area (Å²) in [6.45, 7) is 4.01. The van der Waals surface area contributed by atoms with E-state index in [2.05, 4.69) is 10.3 Å². The lowest BCUT2D eigenvalue weighted by atomic mass is 10.0. The van der Waals surface area contributed by atoms with E-state index in [0.29, 0.717) is 30.2 Å². The fourth-order valence-electron chi connectivity index (χ4n) is 3.34. The maximum absolute atomic E-state index is 12.9. The summed E-state index contributed by atoms with van der Waals surface area (Å²) in [4.78, 5) is 31.1. The molecule has 3 N–H and O–H groups in total. The molecular formula is C22H28N4O5. The number of ether oxygens (including phenoxy) is 3. The first kappa shape index (κ1) is 22.2. The third-order valence-electron chi connectivity index (χ3n) is 4.97. The van der Waals surface area contributed by atoms with Gasteiger partial charge < -0.3 is 25.3 Å². The number of nitrogen functional groups attached to an aromatic ring is 1. The van der Waals surface area contributed by atoms with Gasteiger partial charge in [0, 0.05) is 6.54 Å². The van der Waals surface area contributed by atoms with Crippen LogP contribution < -0.4 is 30.2 Å². The van der Waals surface area contributed by atoms with E-state index in [1.165, 1.54) is 4.90 Å². The van der Waals surface area contributed by atoms with Crippen molar-refractivity contribution >= 4 is 23.5 Å². The summed E-state index contributed by atoms with van der Waals surface area (Å²) in [5.41, 5.74) is 6.77. The maximum atomic E-state index is 12.9. The lowest BCUT2D eigenvalue weighted by Gasteiger charge is -2.34. The molecule has 0 aliphatic carbocycles. The summed E-state index contributed by atoms with van der Waals surface area (Å²) in [5.74, 6) is 1.55. The van der Waals surface area contributed by atoms with Gasteiger partial charge in [-0.2, -0.15) is 0 Å². The summed E-state index contributed by atoms with van der Waals surface area (Å²) in [5, 5.41) is 2.85. The van der Waals surface area contributed by atoms with Crippen molar-refractivity contribution in [2.45, 2.75) is 26.4 Å². The average molecular weight is 428 g/mol. The highest BCUT2D eigenvalue weighted by molar-refractivity contribution is 6.03. The summed E-state index contributed by atoms with van der Waals surface area (Å²) in [7, 11) is 3.15. The van der Waals surface area contributed by atoms with Crippen LogP contribution in [0.15, 0.2) is 30.3 Å². The first-order valence-electron chi connectivity index (χ1n) is 10.1. The Morgan fingerprint density at radius 3 is 2.65 bits per heavy atom. The average Bonchev–Trinajstić information content (AvgIpc) is 2.75. The third kappa shape index (κ3) is 4.99. The molecule has 9 nitrogen and oxygen atoms in total. The Morgan fingerprint density at radius 1 is 1.23 bits per heavy atom. The number of carbonyl (C=O) groups excluding carboxylic acids is 2. The van der Waals surface area contributed by atoms with Gasteiger partial charge in [0.15, 0.2) is 29.2 Å². The van der Waals surface area contributed by atoms with E-state index in [4.69, 9.17) is 19.9 Å². The minimum atomic E-state index is -0.683. The van der Waals surface area contributed by atoms with Crippen LogP contribution in [0.25, 0.3) is 0 Å². The van der Waals surface area contributed by atoms with Crippen molar-refractivity contribution in [3.05, 3.63) is 35.9 Å². The molecule has 9 heteroatoms. The molecule has 0 fully saturated rings. The zero-order valence-electron chi connectivity index (χ0n) is 18.2. The molecule has 0 radical (unpaired) electrons. The number of amides is 2. The lowest BCUT2D eigenvalue weighted by molar-refractivity contribution is -0.130. The molecule has 2 amide bonds. The summed E-state index contributed by atoms with van der Waals surface area (Å²) in [6.07, 6.45) is -0.0861. The number of nitrogens with one attached hydrogen (secondary N) is 1. The number of nitrogens with zero attached hydrogens (tertiary/aromatic N) is 2. The number of fused-ring (bicyclic) bond motifs is 1. The van der Waals surface area contributed by atoms with E-state index in [1.807, 2.05) is 32.0 Å². The SMILES string of the molecule is COc1ccc(CCNC(=O)CN2C(=O)C(C(C)C)Oc3ccc(N)nc32)cc1OC. The van der Waals surface area contributed by atoms with Gasteiger partial charge in [-0.3, -0.25) is 14.5 Å². The predicted molar refractivity (Wildman–Crippen MR) is 117 cm³/mol. The first-order chi connectivity index (χ1) is 14.8. The van der Waals surface area contributed by atoms with Crippen LogP contribution in [0.5, 0.6) is 17.2 Å². The lowest BCUT2D eigenvalue weighted by Crippen LogP contribution is -2.52. The van der Waals surface area contributed by atoms with Crippen LogP contribution in [0, 0.1) is 5.92 Å². The highest BCUT2D eigenvalue weighted by atomic mass is 16.5. The van der Waals surface area contributed by atoms with E-state index in [0.717, 1.165) is 5.56 Å². The Labute approximate surface area is 181 Å². The van der Waals surface area contributed by atoms with E-state index in [1.54, 1.807) is 26.4 Å². The van der Waals surface area contributed by atoms with Gasteiger partial charge in [-0.05, 0) is 42.2 Å². The van der Waals surface area contributed by atoms with Gasteiger partial charge in [-0.25, -0.2) is 4.98 Å². The smallest absolute Gasteiger partial charge is 0.270 e. The maximum Gasteiger partial charge on any atom is 0.270 e. The third-order valence-corrected chi connectivity index (χ3v) is 4.97. The molecule has 0 saturated heterocycles. The molecule has 1 atom stereocenters. The van der Waals surface area contributed by atoms with Crippen molar-refractivity contribution in [1.29, 1.82) is 0 Å². The molecule has 1 aromatic carbocycles. The normalized spacial score (nSPS) is 15.3. The second-order valence-electron chi connectivity index (χ2n) is 7.55. The molecule has 1 unspecified atom stereocenters. The van der Waals surface area contributed by atoms with Gasteiger partial charge in [0.05, 0.1) is 14.2 Å². The highest BCUT2D eigenvalue weighted by Crippen LogP contribution is 2.34. The number of hydrogen-bond donors (Lipinski definition) is 2. The molecule has 3 rings (SSSR count). The monoisotopic (exact) mass is 428 g/mol. The van der Waals surface area contributed by atoms with E-state index >= 15 is 0 Å². The number of aromatic nitrogens is 1. The molecule has 166 valence electrons. The van der Waals surface area contributed by atoms with Crippen LogP contribution in [-0.4, -0.2) is 50.2 Å². The topological polar surface area (TPSA) is 116 Å². The van der Waals surface area contributed by atoms with E-state index in [9.17, 15) is 9.59 Å². The highest BCUT2D eigenvalue weighted by Gasteiger charge is 2.38. The van der Waals surface area contributed by atoms with Gasteiger partial charge in [0.25, 0.3) is 5.91 Å². The number of hydrogen-bond acceptors (Lipinski definition) is 7. The first-order valence-corrected chi connectivity index (χ1v) is 10.1. The standard InChI is InChI=1S/C22H28N4O5/c1-13(2)20-22(28)26(21-16(31-20)7-8-18(23)25-21)12-19(27)24-10-9-14-5-6-15(29-3)17(11-14)30-4/h5-8,11,13,20H,9-10,12H2,1-4H3,(H2,23,25)(H,24,27). The Bertz CT molecular complexity index is 963. The van der Waals surface area contributed by atoms with Crippen molar-refractivity contribution in [2.75, 3.05) is 37.9 Å². The minimum Gasteiger partial charge on any atom is -0.493 e. The number of carbonyl (C=O) groups is 2. The summed E-state index contributed by atoms with van der Waals surface area (Å²) in [6, 6.07) is 8.87. The zero-order valence-corrected chi connectivity index (χ0v) is 18.2. The molecule has 1 aromatic heterocycles. The van der Waals surface area contributed by atoms with Crippen molar-refractivity contribution < 1.29 is 23.8 Å². The summed E-state index contributed by atoms with van der Waals surface area (Å²) < 4.78 is 16.3. The van der Waals surface area contributed by atoms with Crippen LogP contribution in [0.2, 0.25) is 0 Å². The largest absolute Gasteiger partial charge is 0.493 e. The number of nitrogens with two attached hydrogens (primary N) is 1. The molecule has 2 aromatic rings. The number of anilines is 2. The number of benzene rings is 1. The second kappa shape index (κ2) is 9.55. The Hall–Kier alpha value is -3.49. The molecule has 1 aliphatic rings. The van der Waals surface area contributed by atoms with Crippen LogP contribution >= 0.6 is 0 Å². The second-order valence-corrected chi connectivity index (χ2v) is 7.55. The quantitative estimate of drug-likeness (QED) is 0.658. The van der Waals surface area contributed by atoms with Crippen molar-refractivity contribution in [3.63, 3.8) is 0 Å². The molecule has 0 saturated carbocycles. The van der Waals surface area contributed by atoms with Crippen molar-refractivity contribution in [1.82, 2.24) is 10.3 Å². The zero-order chi connectivity index (χ0) is 22.5.